The third-order valence-corrected chi connectivity index (χ3v) is 18.6. The van der Waals surface area contributed by atoms with Crippen molar-refractivity contribution in [2.45, 2.75) is 282 Å². The maximum absolute atomic E-state index is 13.8. The number of ether oxygens (including phenoxy) is 5. The van der Waals surface area contributed by atoms with Crippen LogP contribution in [0.4, 0.5) is 0 Å². The standard InChI is InChI=1S/C56H99NO9Si/c1-10-12-14-16-18-20-22-24-26-28-30-32-37-41-47(63-53(60)45-39-35-34-36-40-45)46(57-49(58)42-38-33-31-29-27-25-23-21-19-17-15-13-11-2)43-61-54-50(59)52-51(65-56(6,7)66-52)48(64-54)44-62-67(8,9)55(3,4)5/h34-37,39-41,46-48,50-52,54,59H,10-33,38,42-44H2,1-9H3,(H,57,58)/t46-,47+,48+,50+,51-,52+,54-/m0/s1. The number of carbonyl (C=O) groups is 2. The molecule has 10 nitrogen and oxygen atoms in total. The van der Waals surface area contributed by atoms with Crippen LogP contribution in [-0.4, -0.2) is 87.2 Å². The Labute approximate surface area is 410 Å². The molecule has 1 aromatic rings. The van der Waals surface area contributed by atoms with Crippen LogP contribution in [0.25, 0.3) is 0 Å². The van der Waals surface area contributed by atoms with Crippen LogP contribution in [-0.2, 0) is 32.9 Å². The van der Waals surface area contributed by atoms with Gasteiger partial charge in [0.25, 0.3) is 0 Å². The predicted octanol–water partition coefficient (Wildman–Crippen LogP) is 14.1. The number of amides is 1. The van der Waals surface area contributed by atoms with Crippen molar-refractivity contribution in [3.8, 4) is 0 Å². The van der Waals surface area contributed by atoms with E-state index in [2.05, 4.69) is 59.1 Å². The fourth-order valence-corrected chi connectivity index (χ4v) is 9.82. The Balaban J connectivity index is 1.71. The van der Waals surface area contributed by atoms with Gasteiger partial charge in [0.2, 0.25) is 5.91 Å². The first-order chi connectivity index (χ1) is 32.1. The first-order valence-electron chi connectivity index (χ1n) is 27.2. The molecule has 0 radical (unpaired) electrons. The van der Waals surface area contributed by atoms with Gasteiger partial charge in [0.1, 0.15) is 30.5 Å². The minimum absolute atomic E-state index is 0.0197. The zero-order valence-corrected chi connectivity index (χ0v) is 45.1. The van der Waals surface area contributed by atoms with Crippen LogP contribution in [0.2, 0.25) is 18.1 Å². The zero-order chi connectivity index (χ0) is 49.0. The molecule has 2 aliphatic rings. The van der Waals surface area contributed by atoms with Gasteiger partial charge in [-0.05, 0) is 69.5 Å². The van der Waals surface area contributed by atoms with Gasteiger partial charge >= 0.3 is 5.97 Å². The average molecular weight is 958 g/mol. The SMILES string of the molecule is CCCCCCCCCCCCCC=C[C@@H](OC(=O)c1ccccc1)[C@H](CO[C@H]1O[C@H](CO[Si](C)(C)C(C)(C)C)[C@@H]2OC(C)(C)O[C@@H]2[C@H]1O)NC(=O)CCCCCCCCCCCCCCC. The minimum atomic E-state index is -2.17. The number of aliphatic hydroxyl groups excluding tert-OH is 1. The van der Waals surface area contributed by atoms with E-state index in [4.69, 9.17) is 28.1 Å². The van der Waals surface area contributed by atoms with Gasteiger partial charge in [-0.1, -0.05) is 200 Å². The number of rotatable bonds is 37. The molecule has 0 aliphatic carbocycles. The molecular formula is C56H99NO9Si. The zero-order valence-electron chi connectivity index (χ0n) is 44.1. The number of hydrogen-bond donors (Lipinski definition) is 2. The molecule has 2 saturated heterocycles. The van der Waals surface area contributed by atoms with Gasteiger partial charge < -0.3 is 38.5 Å². The van der Waals surface area contributed by atoms with Gasteiger partial charge in [0, 0.05) is 6.42 Å². The minimum Gasteiger partial charge on any atom is -0.452 e. The summed E-state index contributed by atoms with van der Waals surface area (Å²) in [6.45, 7) is 19.3. The predicted molar refractivity (Wildman–Crippen MR) is 276 cm³/mol. The molecule has 3 rings (SSSR count). The van der Waals surface area contributed by atoms with E-state index in [1.807, 2.05) is 38.1 Å². The van der Waals surface area contributed by atoms with Crippen molar-refractivity contribution in [3.05, 3.63) is 48.0 Å². The molecule has 11 heteroatoms. The second-order valence-corrected chi connectivity index (χ2v) is 26.5. The Hall–Kier alpha value is -2.12. The van der Waals surface area contributed by atoms with E-state index in [9.17, 15) is 14.7 Å². The van der Waals surface area contributed by atoms with Gasteiger partial charge in [0.05, 0.1) is 24.8 Å². The van der Waals surface area contributed by atoms with E-state index in [0.29, 0.717) is 12.0 Å². The number of aliphatic hydroxyl groups is 1. The second-order valence-electron chi connectivity index (χ2n) is 21.7. The Morgan fingerprint density at radius 2 is 1.24 bits per heavy atom. The van der Waals surface area contributed by atoms with Crippen molar-refractivity contribution in [2.24, 2.45) is 0 Å². The highest BCUT2D eigenvalue weighted by Gasteiger charge is 2.56. The Bertz CT molecular complexity index is 1480. The lowest BCUT2D eigenvalue weighted by Crippen LogP contribution is -2.60. The van der Waals surface area contributed by atoms with Crippen LogP contribution >= 0.6 is 0 Å². The summed E-state index contributed by atoms with van der Waals surface area (Å²) < 4.78 is 38.4. The highest BCUT2D eigenvalue weighted by atomic mass is 28.4. The largest absolute Gasteiger partial charge is 0.452 e. The van der Waals surface area contributed by atoms with Crippen molar-refractivity contribution < 1.29 is 42.8 Å². The quantitative estimate of drug-likeness (QED) is 0.0290. The molecule has 2 fully saturated rings. The molecule has 67 heavy (non-hydrogen) atoms. The Morgan fingerprint density at radius 3 is 1.76 bits per heavy atom. The molecule has 1 aromatic carbocycles. The molecule has 2 aliphatic heterocycles. The van der Waals surface area contributed by atoms with E-state index < -0.39 is 62.9 Å². The summed E-state index contributed by atoms with van der Waals surface area (Å²) in [6, 6.07) is 8.17. The van der Waals surface area contributed by atoms with Crippen LogP contribution in [0.15, 0.2) is 42.5 Å². The van der Waals surface area contributed by atoms with Gasteiger partial charge in [-0.25, -0.2) is 4.79 Å². The number of benzene rings is 1. The fourth-order valence-electron chi connectivity index (χ4n) is 8.81. The molecule has 0 unspecified atom stereocenters. The molecule has 0 aromatic heterocycles. The summed E-state index contributed by atoms with van der Waals surface area (Å²) in [6.07, 6.45) is 30.0. The van der Waals surface area contributed by atoms with Gasteiger partial charge in [0.15, 0.2) is 20.4 Å². The van der Waals surface area contributed by atoms with Crippen molar-refractivity contribution in [3.63, 3.8) is 0 Å². The van der Waals surface area contributed by atoms with Crippen molar-refractivity contribution in [1.29, 1.82) is 0 Å². The van der Waals surface area contributed by atoms with E-state index >= 15 is 0 Å². The topological polar surface area (TPSA) is 122 Å². The third-order valence-electron chi connectivity index (χ3n) is 14.1. The van der Waals surface area contributed by atoms with Crippen molar-refractivity contribution in [2.75, 3.05) is 13.2 Å². The summed E-state index contributed by atoms with van der Waals surface area (Å²) in [4.78, 5) is 27.5. The highest BCUT2D eigenvalue weighted by Crippen LogP contribution is 2.40. The number of allylic oxidation sites excluding steroid dienone is 1. The first-order valence-corrected chi connectivity index (χ1v) is 30.2. The summed E-state index contributed by atoms with van der Waals surface area (Å²) in [5, 5.41) is 14.9. The number of fused-ring (bicyclic) bond motifs is 1. The smallest absolute Gasteiger partial charge is 0.338 e. The molecule has 0 saturated carbocycles. The van der Waals surface area contributed by atoms with Crippen molar-refractivity contribution >= 4 is 20.2 Å². The molecule has 1 amide bonds. The first kappa shape index (κ1) is 59.2. The van der Waals surface area contributed by atoms with E-state index in [0.717, 1.165) is 38.5 Å². The third kappa shape index (κ3) is 23.6. The summed E-state index contributed by atoms with van der Waals surface area (Å²) in [7, 11) is -2.17. The maximum atomic E-state index is 13.8. The van der Waals surface area contributed by atoms with Crippen molar-refractivity contribution in [1.82, 2.24) is 5.32 Å². The van der Waals surface area contributed by atoms with Crippen LogP contribution in [0.5, 0.6) is 0 Å². The lowest BCUT2D eigenvalue weighted by molar-refractivity contribution is -0.283. The summed E-state index contributed by atoms with van der Waals surface area (Å²) >= 11 is 0. The molecule has 2 N–H and O–H groups in total. The number of unbranched alkanes of at least 4 members (excludes halogenated alkanes) is 23. The van der Waals surface area contributed by atoms with Crippen LogP contribution in [0, 0.1) is 0 Å². The second kappa shape index (κ2) is 32.7. The average Bonchev–Trinajstić information content (AvgIpc) is 3.63. The lowest BCUT2D eigenvalue weighted by Gasteiger charge is -2.42. The molecular weight excluding hydrogens is 859 g/mol. The number of hydrogen-bond acceptors (Lipinski definition) is 9. The van der Waals surface area contributed by atoms with E-state index in [-0.39, 0.29) is 24.2 Å². The number of nitrogens with one attached hydrogen (secondary N) is 1. The van der Waals surface area contributed by atoms with Gasteiger partial charge in [-0.15, -0.1) is 0 Å². The molecule has 7 atom stereocenters. The Morgan fingerprint density at radius 1 is 0.746 bits per heavy atom. The molecule has 0 bridgehead atoms. The highest BCUT2D eigenvalue weighted by molar-refractivity contribution is 6.74. The lowest BCUT2D eigenvalue weighted by atomic mass is 9.99. The normalized spacial score (nSPS) is 21.6. The molecule has 2 heterocycles. The molecule has 386 valence electrons. The van der Waals surface area contributed by atoms with E-state index in [1.54, 1.807) is 12.1 Å². The van der Waals surface area contributed by atoms with Crippen LogP contribution in [0.3, 0.4) is 0 Å². The fraction of sp³-hybridized carbons (Fsp3) is 0.821. The van der Waals surface area contributed by atoms with E-state index in [1.165, 1.54) is 122 Å². The summed E-state index contributed by atoms with van der Waals surface area (Å²) in [5.41, 5.74) is 0.423. The Kier molecular flexibility index (Phi) is 28.9. The molecule has 0 spiro atoms. The van der Waals surface area contributed by atoms with Gasteiger partial charge in [-0.3, -0.25) is 4.79 Å². The maximum Gasteiger partial charge on any atom is 0.338 e. The van der Waals surface area contributed by atoms with Crippen LogP contribution < -0.4 is 5.32 Å². The summed E-state index contributed by atoms with van der Waals surface area (Å²) in [5.74, 6) is -1.56. The van der Waals surface area contributed by atoms with Gasteiger partial charge in [-0.2, -0.15) is 0 Å². The number of carbonyl (C=O) groups excluding carboxylic acids is 2. The number of esters is 1. The monoisotopic (exact) mass is 958 g/mol. The van der Waals surface area contributed by atoms with Crippen LogP contribution in [0.1, 0.15) is 226 Å².